The minimum Gasteiger partial charge on any atom is -0.492 e. The molecule has 0 spiro atoms. The molecule has 1 heterocycles. The second kappa shape index (κ2) is 8.10. The van der Waals surface area contributed by atoms with E-state index in [4.69, 9.17) is 16.3 Å². The van der Waals surface area contributed by atoms with Crippen LogP contribution in [0.4, 0.5) is 10.1 Å². The topological polar surface area (TPSA) is 93.2 Å². The van der Waals surface area contributed by atoms with Crippen LogP contribution in [0.25, 0.3) is 5.69 Å². The lowest BCUT2D eigenvalue weighted by Crippen LogP contribution is -2.38. The van der Waals surface area contributed by atoms with Crippen LogP contribution >= 0.6 is 11.6 Å². The number of aromatic amines is 1. The van der Waals surface area contributed by atoms with Gasteiger partial charge in [-0.15, -0.1) is 0 Å². The van der Waals surface area contributed by atoms with Crippen LogP contribution in [0, 0.1) is 5.82 Å². The van der Waals surface area contributed by atoms with Gasteiger partial charge in [-0.05, 0) is 37.3 Å². The van der Waals surface area contributed by atoms with Crippen molar-refractivity contribution in [3.63, 3.8) is 0 Å². The van der Waals surface area contributed by atoms with Crippen LogP contribution in [-0.2, 0) is 0 Å². The molecule has 1 amide bonds. The third-order valence-electron chi connectivity index (χ3n) is 3.82. The Hall–Kier alpha value is -3.39. The third-order valence-corrected chi connectivity index (χ3v) is 4.11. The fourth-order valence-corrected chi connectivity index (χ4v) is 2.71. The highest BCUT2D eigenvalue weighted by Gasteiger charge is 2.18. The number of halogens is 2. The first-order chi connectivity index (χ1) is 13.4. The molecule has 0 atom stereocenters. The van der Waals surface area contributed by atoms with E-state index in [2.05, 4.69) is 10.3 Å². The molecule has 0 saturated heterocycles. The highest BCUT2D eigenvalue weighted by Crippen LogP contribution is 2.24. The summed E-state index contributed by atoms with van der Waals surface area (Å²) in [5.41, 5.74) is -1.58. The fraction of sp³-hybridized carbons (Fsp3) is 0.105. The van der Waals surface area contributed by atoms with Gasteiger partial charge in [0.1, 0.15) is 17.1 Å². The highest BCUT2D eigenvalue weighted by atomic mass is 35.5. The van der Waals surface area contributed by atoms with E-state index in [0.717, 1.165) is 18.3 Å². The van der Waals surface area contributed by atoms with E-state index in [1.165, 1.54) is 6.07 Å². The number of rotatable bonds is 5. The van der Waals surface area contributed by atoms with Gasteiger partial charge >= 0.3 is 5.69 Å². The number of aromatic nitrogens is 2. The third kappa shape index (κ3) is 3.81. The lowest BCUT2D eigenvalue weighted by molar-refractivity contribution is 0.102. The number of ether oxygens (including phenoxy) is 1. The molecule has 1 aromatic heterocycles. The number of nitrogens with one attached hydrogen (secondary N) is 2. The van der Waals surface area contributed by atoms with E-state index in [1.54, 1.807) is 31.2 Å². The molecule has 0 bridgehead atoms. The summed E-state index contributed by atoms with van der Waals surface area (Å²) in [6.07, 6.45) is 1.02. The molecular formula is C19H15ClFN3O4. The maximum Gasteiger partial charge on any atom is 0.333 e. The van der Waals surface area contributed by atoms with Gasteiger partial charge in [0, 0.05) is 6.20 Å². The zero-order valence-electron chi connectivity index (χ0n) is 14.7. The Morgan fingerprint density at radius 2 is 2.00 bits per heavy atom. The Morgan fingerprint density at radius 1 is 1.25 bits per heavy atom. The van der Waals surface area contributed by atoms with Crippen LogP contribution in [0.3, 0.4) is 0 Å². The first-order valence-corrected chi connectivity index (χ1v) is 8.63. The van der Waals surface area contributed by atoms with Crippen molar-refractivity contribution in [2.75, 3.05) is 11.9 Å². The van der Waals surface area contributed by atoms with Crippen molar-refractivity contribution < 1.29 is 13.9 Å². The molecule has 0 saturated carbocycles. The average molecular weight is 404 g/mol. The zero-order valence-corrected chi connectivity index (χ0v) is 15.4. The Labute approximate surface area is 163 Å². The highest BCUT2D eigenvalue weighted by molar-refractivity contribution is 6.30. The van der Waals surface area contributed by atoms with Gasteiger partial charge in [-0.1, -0.05) is 23.7 Å². The molecule has 0 aliphatic carbocycles. The summed E-state index contributed by atoms with van der Waals surface area (Å²) in [6, 6.07) is 10.1. The SMILES string of the molecule is CCOc1ccccc1NC(=O)c1c[nH]c(=O)n(-c2ccc(F)c(Cl)c2)c1=O. The van der Waals surface area contributed by atoms with Gasteiger partial charge in [0.15, 0.2) is 0 Å². The Kier molecular flexibility index (Phi) is 5.60. The second-order valence-electron chi connectivity index (χ2n) is 5.63. The number of carbonyl (C=O) groups is 1. The molecule has 28 heavy (non-hydrogen) atoms. The van der Waals surface area contributed by atoms with Gasteiger partial charge in [-0.25, -0.2) is 13.8 Å². The summed E-state index contributed by atoms with van der Waals surface area (Å²) >= 11 is 5.73. The van der Waals surface area contributed by atoms with Crippen LogP contribution in [0.5, 0.6) is 5.75 Å². The van der Waals surface area contributed by atoms with Gasteiger partial charge in [-0.2, -0.15) is 0 Å². The fourth-order valence-electron chi connectivity index (χ4n) is 2.54. The summed E-state index contributed by atoms with van der Waals surface area (Å²) in [4.78, 5) is 39.8. The van der Waals surface area contributed by atoms with Gasteiger partial charge < -0.3 is 15.0 Å². The summed E-state index contributed by atoms with van der Waals surface area (Å²) in [5.74, 6) is -1.000. The maximum atomic E-state index is 13.4. The molecule has 0 aliphatic rings. The largest absolute Gasteiger partial charge is 0.492 e. The number of anilines is 1. The number of carbonyl (C=O) groups excluding carboxylic acids is 1. The molecule has 7 nitrogen and oxygen atoms in total. The Balaban J connectivity index is 2.02. The van der Waals surface area contributed by atoms with Crippen molar-refractivity contribution in [1.82, 2.24) is 9.55 Å². The predicted molar refractivity (Wildman–Crippen MR) is 103 cm³/mol. The summed E-state index contributed by atoms with van der Waals surface area (Å²) in [7, 11) is 0. The van der Waals surface area contributed by atoms with Gasteiger partial charge in [0.25, 0.3) is 11.5 Å². The molecule has 2 N–H and O–H groups in total. The molecule has 3 rings (SSSR count). The van der Waals surface area contributed by atoms with Crippen molar-refractivity contribution in [3.8, 4) is 11.4 Å². The Morgan fingerprint density at radius 3 is 2.71 bits per heavy atom. The van der Waals surface area contributed by atoms with Crippen molar-refractivity contribution in [2.45, 2.75) is 6.92 Å². The molecular weight excluding hydrogens is 389 g/mol. The number of hydrogen-bond donors (Lipinski definition) is 2. The van der Waals surface area contributed by atoms with Gasteiger partial charge in [0.2, 0.25) is 0 Å². The van der Waals surface area contributed by atoms with E-state index < -0.39 is 23.0 Å². The standard InChI is InChI=1S/C19H15ClFN3O4/c1-2-28-16-6-4-3-5-15(16)23-17(25)12-10-22-19(27)24(18(12)26)11-7-8-14(21)13(20)9-11/h3-10H,2H2,1H3,(H,22,27)(H,23,25). The summed E-state index contributed by atoms with van der Waals surface area (Å²) < 4.78 is 19.5. The lowest BCUT2D eigenvalue weighted by atomic mass is 10.2. The molecule has 0 radical (unpaired) electrons. The monoisotopic (exact) mass is 403 g/mol. The molecule has 9 heteroatoms. The second-order valence-corrected chi connectivity index (χ2v) is 6.04. The summed E-state index contributed by atoms with van der Waals surface area (Å²) in [5, 5.41) is 2.33. The molecule has 0 fully saturated rings. The zero-order chi connectivity index (χ0) is 20.3. The first kappa shape index (κ1) is 19.4. The first-order valence-electron chi connectivity index (χ1n) is 8.25. The molecule has 0 aliphatic heterocycles. The normalized spacial score (nSPS) is 10.5. The van der Waals surface area contributed by atoms with Crippen molar-refractivity contribution in [2.24, 2.45) is 0 Å². The number of benzene rings is 2. The van der Waals surface area contributed by atoms with Crippen LogP contribution in [0.15, 0.2) is 58.3 Å². The van der Waals surface area contributed by atoms with Crippen molar-refractivity contribution in [3.05, 3.63) is 85.9 Å². The molecule has 0 unspecified atom stereocenters. The average Bonchev–Trinajstić information content (AvgIpc) is 2.66. The molecule has 144 valence electrons. The minimum absolute atomic E-state index is 0.0296. The number of H-pyrrole nitrogens is 1. The maximum absolute atomic E-state index is 13.4. The number of hydrogen-bond acceptors (Lipinski definition) is 4. The molecule has 2 aromatic carbocycles. The lowest BCUT2D eigenvalue weighted by Gasteiger charge is -2.12. The van der Waals surface area contributed by atoms with E-state index >= 15 is 0 Å². The quantitative estimate of drug-likeness (QED) is 0.685. The molecule has 3 aromatic rings. The summed E-state index contributed by atoms with van der Waals surface area (Å²) in [6.45, 7) is 2.19. The number of amides is 1. The number of nitrogens with zero attached hydrogens (tertiary/aromatic N) is 1. The van der Waals surface area contributed by atoms with Gasteiger partial charge in [0.05, 0.1) is 23.0 Å². The van der Waals surface area contributed by atoms with Crippen molar-refractivity contribution in [1.29, 1.82) is 0 Å². The Bertz CT molecular complexity index is 1160. The van der Waals surface area contributed by atoms with Gasteiger partial charge in [-0.3, -0.25) is 9.59 Å². The van der Waals surface area contributed by atoms with E-state index in [9.17, 15) is 18.8 Å². The number of para-hydroxylation sites is 2. The predicted octanol–water partition coefficient (Wildman–Crippen LogP) is 2.97. The van der Waals surface area contributed by atoms with E-state index in [-0.39, 0.29) is 16.3 Å². The van der Waals surface area contributed by atoms with E-state index in [1.807, 2.05) is 0 Å². The van der Waals surface area contributed by atoms with E-state index in [0.29, 0.717) is 22.6 Å². The van der Waals surface area contributed by atoms with Crippen LogP contribution in [0.1, 0.15) is 17.3 Å². The smallest absolute Gasteiger partial charge is 0.333 e. The van der Waals surface area contributed by atoms with Crippen LogP contribution in [-0.4, -0.2) is 22.1 Å². The van der Waals surface area contributed by atoms with Crippen LogP contribution in [0.2, 0.25) is 5.02 Å². The van der Waals surface area contributed by atoms with Crippen LogP contribution < -0.4 is 21.3 Å². The van der Waals surface area contributed by atoms with Crippen molar-refractivity contribution >= 4 is 23.2 Å². The minimum atomic E-state index is -0.877.